The smallest absolute Gasteiger partial charge is 0.234 e. The fourth-order valence-electron chi connectivity index (χ4n) is 2.52. The van der Waals surface area contributed by atoms with E-state index in [4.69, 9.17) is 0 Å². The molecule has 120 valence electrons. The van der Waals surface area contributed by atoms with Crippen molar-refractivity contribution < 1.29 is 9.59 Å². The standard InChI is InChI=1S/C16H18N4O2S/c1-19-10-8-17-16(19)23-11-14(21)18-12-5-2-3-6-13(12)20-9-4-7-15(20)22/h2-3,5-6,8,10H,4,7,9,11H2,1H3,(H,18,21). The van der Waals surface area contributed by atoms with Crippen LogP contribution in [-0.4, -0.2) is 33.7 Å². The maximum Gasteiger partial charge on any atom is 0.234 e. The van der Waals surface area contributed by atoms with Gasteiger partial charge < -0.3 is 14.8 Å². The van der Waals surface area contributed by atoms with Gasteiger partial charge in [0.2, 0.25) is 11.8 Å². The quantitative estimate of drug-likeness (QED) is 0.854. The largest absolute Gasteiger partial charge is 0.329 e. The lowest BCUT2D eigenvalue weighted by Gasteiger charge is -2.19. The molecule has 23 heavy (non-hydrogen) atoms. The number of amides is 2. The van der Waals surface area contributed by atoms with Crippen LogP contribution in [0.25, 0.3) is 0 Å². The van der Waals surface area contributed by atoms with E-state index in [-0.39, 0.29) is 17.6 Å². The average molecular weight is 330 g/mol. The first-order valence-electron chi connectivity index (χ1n) is 7.44. The number of hydrogen-bond acceptors (Lipinski definition) is 4. The van der Waals surface area contributed by atoms with E-state index < -0.39 is 0 Å². The predicted molar refractivity (Wildman–Crippen MR) is 90.6 cm³/mol. The molecule has 0 aliphatic carbocycles. The molecule has 6 nitrogen and oxygen atoms in total. The number of carbonyl (C=O) groups is 2. The van der Waals surface area contributed by atoms with Crippen LogP contribution in [0.3, 0.4) is 0 Å². The third kappa shape index (κ3) is 3.56. The Morgan fingerprint density at radius 3 is 2.91 bits per heavy atom. The number of rotatable bonds is 5. The molecule has 2 amide bonds. The maximum absolute atomic E-state index is 12.2. The maximum atomic E-state index is 12.2. The summed E-state index contributed by atoms with van der Waals surface area (Å²) in [6.07, 6.45) is 4.97. The van der Waals surface area contributed by atoms with Crippen molar-refractivity contribution in [1.29, 1.82) is 0 Å². The predicted octanol–water partition coefficient (Wildman–Crippen LogP) is 2.28. The number of anilines is 2. The van der Waals surface area contributed by atoms with Crippen LogP contribution in [0.5, 0.6) is 0 Å². The molecular formula is C16H18N4O2S. The number of nitrogens with one attached hydrogen (secondary N) is 1. The number of thioether (sulfide) groups is 1. The molecule has 1 aliphatic heterocycles. The van der Waals surface area contributed by atoms with E-state index in [1.54, 1.807) is 11.1 Å². The number of carbonyl (C=O) groups excluding carboxylic acids is 2. The molecule has 1 aromatic heterocycles. The second-order valence-electron chi connectivity index (χ2n) is 5.32. The molecule has 2 aromatic rings. The SMILES string of the molecule is Cn1ccnc1SCC(=O)Nc1ccccc1N1CCCC1=O. The third-order valence-electron chi connectivity index (χ3n) is 3.65. The summed E-state index contributed by atoms with van der Waals surface area (Å²) >= 11 is 1.38. The number of nitrogens with zero attached hydrogens (tertiary/aromatic N) is 3. The minimum Gasteiger partial charge on any atom is -0.329 e. The molecule has 2 heterocycles. The summed E-state index contributed by atoms with van der Waals surface area (Å²) in [7, 11) is 1.89. The molecule has 0 bridgehead atoms. The zero-order valence-corrected chi connectivity index (χ0v) is 13.7. The number of benzene rings is 1. The number of aryl methyl sites for hydroxylation is 1. The van der Waals surface area contributed by atoms with Crippen molar-refractivity contribution in [2.45, 2.75) is 18.0 Å². The lowest BCUT2D eigenvalue weighted by atomic mass is 10.2. The average Bonchev–Trinajstić information content (AvgIpc) is 3.14. The molecule has 0 atom stereocenters. The van der Waals surface area contributed by atoms with Crippen LogP contribution in [0.4, 0.5) is 11.4 Å². The molecular weight excluding hydrogens is 312 g/mol. The summed E-state index contributed by atoms with van der Waals surface area (Å²) in [6.45, 7) is 0.702. The van der Waals surface area contributed by atoms with E-state index in [9.17, 15) is 9.59 Å². The van der Waals surface area contributed by atoms with Gasteiger partial charge in [0.15, 0.2) is 5.16 Å². The zero-order chi connectivity index (χ0) is 16.2. The van der Waals surface area contributed by atoms with Gasteiger partial charge in [0.05, 0.1) is 17.1 Å². The Balaban J connectivity index is 1.66. The highest BCUT2D eigenvalue weighted by atomic mass is 32.2. The second-order valence-corrected chi connectivity index (χ2v) is 6.27. The number of para-hydroxylation sites is 2. The van der Waals surface area contributed by atoms with Crippen molar-refractivity contribution in [3.63, 3.8) is 0 Å². The van der Waals surface area contributed by atoms with Crippen molar-refractivity contribution >= 4 is 35.0 Å². The highest BCUT2D eigenvalue weighted by Crippen LogP contribution is 2.29. The van der Waals surface area contributed by atoms with E-state index >= 15 is 0 Å². The van der Waals surface area contributed by atoms with Crippen molar-refractivity contribution in [1.82, 2.24) is 9.55 Å². The number of aromatic nitrogens is 2. The normalized spacial score (nSPS) is 14.3. The molecule has 0 unspecified atom stereocenters. The molecule has 1 aromatic carbocycles. The Kier molecular flexibility index (Phi) is 4.66. The van der Waals surface area contributed by atoms with E-state index in [1.807, 2.05) is 42.1 Å². The van der Waals surface area contributed by atoms with Crippen LogP contribution in [0.1, 0.15) is 12.8 Å². The van der Waals surface area contributed by atoms with Gasteiger partial charge in [-0.15, -0.1) is 0 Å². The van der Waals surface area contributed by atoms with Gasteiger partial charge in [-0.2, -0.15) is 0 Å². The molecule has 1 N–H and O–H groups in total. The summed E-state index contributed by atoms with van der Waals surface area (Å²) in [5, 5.41) is 3.69. The Morgan fingerprint density at radius 1 is 1.39 bits per heavy atom. The summed E-state index contributed by atoms with van der Waals surface area (Å²) in [5.74, 6) is 0.263. The Morgan fingerprint density at radius 2 is 2.22 bits per heavy atom. The van der Waals surface area contributed by atoms with Gasteiger partial charge in [-0.25, -0.2) is 4.98 Å². The Labute approximate surface area is 138 Å². The number of hydrogen-bond donors (Lipinski definition) is 1. The van der Waals surface area contributed by atoms with Gasteiger partial charge in [-0.05, 0) is 18.6 Å². The Hall–Kier alpha value is -2.28. The van der Waals surface area contributed by atoms with Crippen molar-refractivity contribution in [3.05, 3.63) is 36.7 Å². The van der Waals surface area contributed by atoms with Crippen molar-refractivity contribution in [3.8, 4) is 0 Å². The topological polar surface area (TPSA) is 67.2 Å². The first-order chi connectivity index (χ1) is 11.1. The summed E-state index contributed by atoms with van der Waals surface area (Å²) in [5.41, 5.74) is 1.44. The van der Waals surface area contributed by atoms with Gasteiger partial charge in [0.25, 0.3) is 0 Å². The molecule has 1 aliphatic rings. The monoisotopic (exact) mass is 330 g/mol. The molecule has 1 fully saturated rings. The molecule has 1 saturated heterocycles. The van der Waals surface area contributed by atoms with E-state index in [0.29, 0.717) is 18.7 Å². The Bertz CT molecular complexity index is 728. The minimum absolute atomic E-state index is 0.106. The van der Waals surface area contributed by atoms with Crippen LogP contribution >= 0.6 is 11.8 Å². The van der Waals surface area contributed by atoms with Crippen LogP contribution < -0.4 is 10.2 Å². The van der Waals surface area contributed by atoms with Crippen LogP contribution in [0.2, 0.25) is 0 Å². The van der Waals surface area contributed by atoms with Gasteiger partial charge in [-0.3, -0.25) is 9.59 Å². The van der Waals surface area contributed by atoms with Gasteiger partial charge in [0, 0.05) is 32.4 Å². The first-order valence-corrected chi connectivity index (χ1v) is 8.43. The van der Waals surface area contributed by atoms with Crippen molar-refractivity contribution in [2.24, 2.45) is 7.05 Å². The molecule has 3 rings (SSSR count). The van der Waals surface area contributed by atoms with Crippen molar-refractivity contribution in [2.75, 3.05) is 22.5 Å². The van der Waals surface area contributed by atoms with E-state index in [2.05, 4.69) is 10.3 Å². The molecule has 0 radical (unpaired) electrons. The minimum atomic E-state index is -0.114. The fraction of sp³-hybridized carbons (Fsp3) is 0.312. The summed E-state index contributed by atoms with van der Waals surface area (Å²) in [6, 6.07) is 7.42. The lowest BCUT2D eigenvalue weighted by Crippen LogP contribution is -2.26. The van der Waals surface area contributed by atoms with Gasteiger partial charge >= 0.3 is 0 Å². The van der Waals surface area contributed by atoms with Crippen LogP contribution in [-0.2, 0) is 16.6 Å². The molecule has 7 heteroatoms. The summed E-state index contributed by atoms with van der Waals surface area (Å²) in [4.78, 5) is 30.0. The fourth-order valence-corrected chi connectivity index (χ4v) is 3.26. The van der Waals surface area contributed by atoms with Crippen LogP contribution in [0, 0.1) is 0 Å². The second kappa shape index (κ2) is 6.87. The molecule has 0 spiro atoms. The van der Waals surface area contributed by atoms with E-state index in [0.717, 1.165) is 17.3 Å². The molecule has 0 saturated carbocycles. The third-order valence-corrected chi connectivity index (χ3v) is 4.71. The van der Waals surface area contributed by atoms with Crippen LogP contribution in [0.15, 0.2) is 41.8 Å². The number of imidazole rings is 1. The first kappa shape index (κ1) is 15.6. The lowest BCUT2D eigenvalue weighted by molar-refractivity contribution is -0.117. The zero-order valence-electron chi connectivity index (χ0n) is 12.9. The summed E-state index contributed by atoms with van der Waals surface area (Å²) < 4.78 is 1.87. The van der Waals surface area contributed by atoms with Gasteiger partial charge in [-0.1, -0.05) is 23.9 Å². The van der Waals surface area contributed by atoms with Gasteiger partial charge in [0.1, 0.15) is 0 Å². The highest BCUT2D eigenvalue weighted by Gasteiger charge is 2.24. The highest BCUT2D eigenvalue weighted by molar-refractivity contribution is 7.99. The van der Waals surface area contributed by atoms with E-state index in [1.165, 1.54) is 11.8 Å².